The van der Waals surface area contributed by atoms with E-state index in [0.29, 0.717) is 32.2 Å². The summed E-state index contributed by atoms with van der Waals surface area (Å²) in [5.74, 6) is -1.36. The number of carboxylic acids is 1. The minimum Gasteiger partial charge on any atom is -0.550 e. The predicted octanol–water partition coefficient (Wildman–Crippen LogP) is 6.36. The van der Waals surface area contributed by atoms with Crippen LogP contribution in [0.5, 0.6) is 0 Å². The van der Waals surface area contributed by atoms with Crippen LogP contribution in [0.4, 0.5) is 0 Å². The average molecular weight is 654 g/mol. The third-order valence-corrected chi connectivity index (χ3v) is 8.72. The zero-order valence-corrected chi connectivity index (χ0v) is 30.3. The summed E-state index contributed by atoms with van der Waals surface area (Å²) in [7, 11) is 4.31. The molecule has 0 spiro atoms. The number of hydrogen-bond donors (Lipinski definition) is 2. The number of nitrogens with one attached hydrogen (secondary N) is 2. The summed E-state index contributed by atoms with van der Waals surface area (Å²) in [6.07, 6.45) is 23.7. The molecule has 1 unspecified atom stereocenters. The fourth-order valence-corrected chi connectivity index (χ4v) is 5.79. The third-order valence-electron chi connectivity index (χ3n) is 8.72. The van der Waals surface area contributed by atoms with Crippen LogP contribution < -0.4 is 15.7 Å². The molecule has 2 amide bonds. The Labute approximate surface area is 282 Å². The molecule has 0 aromatic carbocycles. The lowest BCUT2D eigenvalue weighted by atomic mass is 10.1. The van der Waals surface area contributed by atoms with Crippen LogP contribution in [-0.2, 0) is 23.9 Å². The van der Waals surface area contributed by atoms with Gasteiger partial charge < -0.3 is 29.8 Å². The SMILES string of the molecule is CCCCCCCCCCCC(=O)NCCCCC(NC(=O)CCCCCCCCCC[N+](C)(C)CCCC(=O)[O-])C(=O)OCC. The van der Waals surface area contributed by atoms with Crippen molar-refractivity contribution in [2.45, 2.75) is 174 Å². The average Bonchev–Trinajstić information content (AvgIpc) is 3.00. The molecule has 0 aromatic rings. The molecule has 270 valence electrons. The van der Waals surface area contributed by atoms with Crippen LogP contribution in [0.1, 0.15) is 168 Å². The lowest BCUT2D eigenvalue weighted by Crippen LogP contribution is -2.41. The fourth-order valence-electron chi connectivity index (χ4n) is 5.79. The van der Waals surface area contributed by atoms with E-state index in [0.717, 1.165) is 75.4 Å². The van der Waals surface area contributed by atoms with E-state index in [9.17, 15) is 24.3 Å². The molecule has 0 radical (unpaired) electrons. The molecule has 0 saturated carbocycles. The Kier molecular flexibility index (Phi) is 28.8. The van der Waals surface area contributed by atoms with E-state index >= 15 is 0 Å². The van der Waals surface area contributed by atoms with Crippen LogP contribution >= 0.6 is 0 Å². The van der Waals surface area contributed by atoms with Gasteiger partial charge in [-0.25, -0.2) is 4.79 Å². The van der Waals surface area contributed by atoms with E-state index < -0.39 is 12.0 Å². The summed E-state index contributed by atoms with van der Waals surface area (Å²) in [6, 6.07) is -0.636. The second-order valence-electron chi connectivity index (χ2n) is 13.7. The summed E-state index contributed by atoms with van der Waals surface area (Å²) < 4.78 is 6.04. The maximum Gasteiger partial charge on any atom is 0.328 e. The largest absolute Gasteiger partial charge is 0.550 e. The van der Waals surface area contributed by atoms with Crippen LogP contribution in [0.2, 0.25) is 0 Å². The van der Waals surface area contributed by atoms with Crippen LogP contribution in [0, 0.1) is 0 Å². The molecular weight excluding hydrogens is 582 g/mol. The molecule has 1 atom stereocenters. The van der Waals surface area contributed by atoms with Gasteiger partial charge in [0.15, 0.2) is 0 Å². The lowest BCUT2D eigenvalue weighted by molar-refractivity contribution is -0.890. The van der Waals surface area contributed by atoms with Gasteiger partial charge in [-0.3, -0.25) is 9.59 Å². The number of rotatable bonds is 33. The first-order valence-electron chi connectivity index (χ1n) is 18.9. The minimum absolute atomic E-state index is 0.0987. The highest BCUT2D eigenvalue weighted by Gasteiger charge is 2.21. The number of hydrogen-bond acceptors (Lipinski definition) is 6. The van der Waals surface area contributed by atoms with Gasteiger partial charge in [0, 0.05) is 31.8 Å². The molecule has 0 heterocycles. The molecule has 0 fully saturated rings. The smallest absolute Gasteiger partial charge is 0.328 e. The standard InChI is InChI=1S/C37H71N3O6/c1-5-7-8-9-10-11-14-17-20-27-34(41)38-30-23-22-26-33(37(45)46-6-2)39-35(42)28-21-18-15-12-13-16-19-24-31-40(3,4)32-25-29-36(43)44/h33H,5-32H2,1-4H3,(H2-,38,39,41,42,43,44). The van der Waals surface area contributed by atoms with Gasteiger partial charge in [-0.05, 0) is 58.3 Å². The Morgan fingerprint density at radius 1 is 0.609 bits per heavy atom. The number of unbranched alkanes of at least 4 members (excludes halogenated alkanes) is 16. The molecule has 0 bridgehead atoms. The number of carbonyl (C=O) groups is 4. The van der Waals surface area contributed by atoms with Gasteiger partial charge >= 0.3 is 5.97 Å². The van der Waals surface area contributed by atoms with E-state index in [1.165, 1.54) is 64.2 Å². The minimum atomic E-state index is -0.967. The first-order valence-corrected chi connectivity index (χ1v) is 18.9. The highest BCUT2D eigenvalue weighted by molar-refractivity contribution is 5.84. The molecule has 0 rings (SSSR count). The second kappa shape index (κ2) is 30.2. The summed E-state index contributed by atoms with van der Waals surface area (Å²) in [5.41, 5.74) is 0. The van der Waals surface area contributed by atoms with E-state index in [-0.39, 0.29) is 30.8 Å². The predicted molar refractivity (Wildman–Crippen MR) is 185 cm³/mol. The molecule has 0 aliphatic heterocycles. The van der Waals surface area contributed by atoms with Crippen molar-refractivity contribution in [2.75, 3.05) is 40.3 Å². The summed E-state index contributed by atoms with van der Waals surface area (Å²) in [5, 5.41) is 16.5. The van der Waals surface area contributed by atoms with Gasteiger partial charge in [0.1, 0.15) is 6.04 Å². The molecule has 0 aliphatic carbocycles. The highest BCUT2D eigenvalue weighted by Crippen LogP contribution is 2.13. The van der Waals surface area contributed by atoms with E-state index in [1.807, 2.05) is 0 Å². The number of ether oxygens (including phenoxy) is 1. The van der Waals surface area contributed by atoms with Gasteiger partial charge in [0.25, 0.3) is 0 Å². The molecular formula is C37H71N3O6. The fraction of sp³-hybridized carbons (Fsp3) is 0.892. The number of nitrogens with zero attached hydrogens (tertiary/aromatic N) is 1. The Morgan fingerprint density at radius 3 is 1.65 bits per heavy atom. The first-order chi connectivity index (χ1) is 22.1. The lowest BCUT2D eigenvalue weighted by Gasteiger charge is -2.30. The Hall–Kier alpha value is -2.16. The number of amides is 2. The maximum absolute atomic E-state index is 12.5. The maximum atomic E-state index is 12.5. The number of quaternary nitrogens is 1. The van der Waals surface area contributed by atoms with E-state index in [2.05, 4.69) is 31.7 Å². The third kappa shape index (κ3) is 29.3. The molecule has 0 aromatic heterocycles. The molecule has 9 heteroatoms. The van der Waals surface area contributed by atoms with Crippen molar-refractivity contribution in [3.63, 3.8) is 0 Å². The van der Waals surface area contributed by atoms with Crippen LogP contribution in [0.25, 0.3) is 0 Å². The summed E-state index contributed by atoms with van der Waals surface area (Å²) in [4.78, 5) is 47.7. The van der Waals surface area contributed by atoms with Crippen LogP contribution in [-0.4, -0.2) is 74.6 Å². The van der Waals surface area contributed by atoms with Crippen LogP contribution in [0.15, 0.2) is 0 Å². The Bertz CT molecular complexity index is 789. The topological polar surface area (TPSA) is 125 Å². The van der Waals surface area contributed by atoms with Crippen molar-refractivity contribution in [3.05, 3.63) is 0 Å². The van der Waals surface area contributed by atoms with Crippen molar-refractivity contribution >= 4 is 23.8 Å². The number of esters is 1. The number of carbonyl (C=O) groups excluding carboxylic acids is 4. The van der Waals surface area contributed by atoms with Crippen molar-refractivity contribution in [1.82, 2.24) is 10.6 Å². The molecule has 46 heavy (non-hydrogen) atoms. The monoisotopic (exact) mass is 654 g/mol. The van der Waals surface area contributed by atoms with Gasteiger partial charge in [-0.1, -0.05) is 90.4 Å². The summed E-state index contributed by atoms with van der Waals surface area (Å²) in [6.45, 7) is 6.79. The van der Waals surface area contributed by atoms with E-state index in [1.54, 1.807) is 6.92 Å². The van der Waals surface area contributed by atoms with Crippen LogP contribution in [0.3, 0.4) is 0 Å². The number of aliphatic carboxylic acids is 1. The van der Waals surface area contributed by atoms with Gasteiger partial charge in [-0.15, -0.1) is 0 Å². The van der Waals surface area contributed by atoms with Gasteiger partial charge in [0.2, 0.25) is 11.8 Å². The molecule has 9 nitrogen and oxygen atoms in total. The zero-order chi connectivity index (χ0) is 34.3. The second-order valence-corrected chi connectivity index (χ2v) is 13.7. The first kappa shape index (κ1) is 43.8. The number of carboxylic acid groups (broad SMARTS) is 1. The molecule has 0 aliphatic rings. The highest BCUT2D eigenvalue weighted by atomic mass is 16.5. The van der Waals surface area contributed by atoms with Crippen molar-refractivity contribution in [2.24, 2.45) is 0 Å². The quantitative estimate of drug-likeness (QED) is 0.0483. The van der Waals surface area contributed by atoms with Crippen molar-refractivity contribution in [3.8, 4) is 0 Å². The molecule has 0 saturated heterocycles. The molecule has 2 N–H and O–H groups in total. The normalized spacial score (nSPS) is 12.1. The van der Waals surface area contributed by atoms with Crippen molar-refractivity contribution < 1.29 is 33.5 Å². The van der Waals surface area contributed by atoms with E-state index in [4.69, 9.17) is 4.74 Å². The Balaban J connectivity index is 3.94. The van der Waals surface area contributed by atoms with Crippen molar-refractivity contribution in [1.29, 1.82) is 0 Å². The van der Waals surface area contributed by atoms with Gasteiger partial charge in [-0.2, -0.15) is 0 Å². The zero-order valence-electron chi connectivity index (χ0n) is 30.3. The Morgan fingerprint density at radius 2 is 1.11 bits per heavy atom. The summed E-state index contributed by atoms with van der Waals surface area (Å²) >= 11 is 0. The van der Waals surface area contributed by atoms with Gasteiger partial charge in [0.05, 0.1) is 33.8 Å².